The Labute approximate surface area is 132 Å². The third-order valence-corrected chi connectivity index (χ3v) is 5.35. The van der Waals surface area contributed by atoms with E-state index in [0.717, 1.165) is 57.5 Å². The number of nitrogens with zero attached hydrogens (tertiary/aromatic N) is 3. The lowest BCUT2D eigenvalue weighted by atomic mass is 9.81. The summed E-state index contributed by atoms with van der Waals surface area (Å²) in [6, 6.07) is 10.1. The van der Waals surface area contributed by atoms with Crippen molar-refractivity contribution in [1.82, 2.24) is 4.90 Å². The number of piperidine rings is 2. The molecule has 3 nitrogen and oxygen atoms in total. The Balaban J connectivity index is 1.55. The lowest BCUT2D eigenvalue weighted by molar-refractivity contribution is 0.0977. The number of hydrogen-bond acceptors (Lipinski definition) is 3. The van der Waals surface area contributed by atoms with Crippen LogP contribution in [0.2, 0.25) is 0 Å². The average molecular weight is 301 g/mol. The highest BCUT2D eigenvalue weighted by Gasteiger charge is 2.34. The van der Waals surface area contributed by atoms with E-state index in [-0.39, 0.29) is 11.2 Å². The fourth-order valence-corrected chi connectivity index (χ4v) is 3.67. The molecule has 0 unspecified atom stereocenters. The Morgan fingerprint density at radius 2 is 1.77 bits per heavy atom. The van der Waals surface area contributed by atoms with Crippen LogP contribution in [0, 0.1) is 22.6 Å². The maximum Gasteiger partial charge on any atom is 0.146 e. The summed E-state index contributed by atoms with van der Waals surface area (Å²) >= 11 is 0. The molecule has 0 amide bonds. The normalized spacial score (nSPS) is 23.2. The second-order valence-corrected chi connectivity index (χ2v) is 6.88. The molecule has 4 heteroatoms. The highest BCUT2D eigenvalue weighted by Crippen LogP contribution is 2.33. The predicted molar refractivity (Wildman–Crippen MR) is 86.2 cm³/mol. The summed E-state index contributed by atoms with van der Waals surface area (Å²) in [4.78, 5) is 4.70. The number of halogens is 1. The minimum atomic E-state index is -0.135. The molecule has 2 aliphatic rings. The van der Waals surface area contributed by atoms with Crippen molar-refractivity contribution in [3.63, 3.8) is 0 Å². The topological polar surface area (TPSA) is 30.3 Å². The maximum absolute atomic E-state index is 13.9. The number of para-hydroxylation sites is 1. The zero-order valence-electron chi connectivity index (χ0n) is 13.3. The van der Waals surface area contributed by atoms with Gasteiger partial charge in [0.1, 0.15) is 5.82 Å². The molecule has 3 rings (SSSR count). The van der Waals surface area contributed by atoms with E-state index in [4.69, 9.17) is 0 Å². The van der Waals surface area contributed by atoms with Gasteiger partial charge < -0.3 is 9.80 Å². The second-order valence-electron chi connectivity index (χ2n) is 6.88. The van der Waals surface area contributed by atoms with Gasteiger partial charge in [-0.3, -0.25) is 0 Å². The zero-order valence-corrected chi connectivity index (χ0v) is 13.3. The SMILES string of the molecule is CC1(C#N)CCN(C2CCN(c3ccccc3F)CC2)CC1. The summed E-state index contributed by atoms with van der Waals surface area (Å²) in [5, 5.41) is 9.22. The Morgan fingerprint density at radius 1 is 1.14 bits per heavy atom. The third kappa shape index (κ3) is 3.10. The number of anilines is 1. The van der Waals surface area contributed by atoms with E-state index in [0.29, 0.717) is 6.04 Å². The molecule has 0 spiro atoms. The van der Waals surface area contributed by atoms with Crippen molar-refractivity contribution in [1.29, 1.82) is 5.26 Å². The molecular formula is C18H24FN3. The molecule has 118 valence electrons. The van der Waals surface area contributed by atoms with Gasteiger partial charge in [-0.25, -0.2) is 4.39 Å². The summed E-state index contributed by atoms with van der Waals surface area (Å²) in [7, 11) is 0. The van der Waals surface area contributed by atoms with E-state index in [1.807, 2.05) is 12.1 Å². The van der Waals surface area contributed by atoms with Gasteiger partial charge in [-0.2, -0.15) is 5.26 Å². The number of rotatable bonds is 2. The molecule has 1 aromatic carbocycles. The highest BCUT2D eigenvalue weighted by atomic mass is 19.1. The molecule has 2 saturated heterocycles. The molecule has 1 aromatic rings. The fourth-order valence-electron chi connectivity index (χ4n) is 3.67. The van der Waals surface area contributed by atoms with Crippen molar-refractivity contribution in [2.75, 3.05) is 31.1 Å². The molecule has 0 aliphatic carbocycles. The molecule has 0 aromatic heterocycles. The van der Waals surface area contributed by atoms with E-state index >= 15 is 0 Å². The summed E-state index contributed by atoms with van der Waals surface area (Å²) in [5.41, 5.74) is 0.598. The van der Waals surface area contributed by atoms with Gasteiger partial charge in [0.25, 0.3) is 0 Å². The standard InChI is InChI=1S/C18H24FN3/c1-18(14-20)8-12-21(13-9-18)15-6-10-22(11-7-15)17-5-3-2-4-16(17)19/h2-5,15H,6-13H2,1H3. The Hall–Kier alpha value is -1.60. The summed E-state index contributed by atoms with van der Waals surface area (Å²) in [6.45, 7) is 5.95. The van der Waals surface area contributed by atoms with E-state index in [9.17, 15) is 9.65 Å². The third-order valence-electron chi connectivity index (χ3n) is 5.35. The van der Waals surface area contributed by atoms with E-state index < -0.39 is 0 Å². The Kier molecular flexibility index (Phi) is 4.35. The first kappa shape index (κ1) is 15.3. The smallest absolute Gasteiger partial charge is 0.146 e. The van der Waals surface area contributed by atoms with Crippen molar-refractivity contribution in [3.8, 4) is 6.07 Å². The van der Waals surface area contributed by atoms with Crippen LogP contribution in [0.5, 0.6) is 0 Å². The van der Waals surface area contributed by atoms with Crippen LogP contribution >= 0.6 is 0 Å². The molecule has 0 saturated carbocycles. The van der Waals surface area contributed by atoms with Gasteiger partial charge in [0.05, 0.1) is 17.2 Å². The minimum absolute atomic E-state index is 0.122. The van der Waals surface area contributed by atoms with Crippen LogP contribution < -0.4 is 4.90 Å². The summed E-state index contributed by atoms with van der Waals surface area (Å²) < 4.78 is 13.9. The maximum atomic E-state index is 13.9. The van der Waals surface area contributed by atoms with Crippen molar-refractivity contribution in [2.45, 2.75) is 38.6 Å². The van der Waals surface area contributed by atoms with Crippen LogP contribution in [-0.4, -0.2) is 37.1 Å². The average Bonchev–Trinajstić information content (AvgIpc) is 2.56. The fraction of sp³-hybridized carbons (Fsp3) is 0.611. The number of nitriles is 1. The van der Waals surface area contributed by atoms with Crippen molar-refractivity contribution >= 4 is 5.69 Å². The van der Waals surface area contributed by atoms with Crippen molar-refractivity contribution in [2.24, 2.45) is 5.41 Å². The molecule has 22 heavy (non-hydrogen) atoms. The van der Waals surface area contributed by atoms with Gasteiger partial charge >= 0.3 is 0 Å². The van der Waals surface area contributed by atoms with E-state index in [2.05, 4.69) is 22.8 Å². The van der Waals surface area contributed by atoms with Crippen LogP contribution in [0.15, 0.2) is 24.3 Å². The highest BCUT2D eigenvalue weighted by molar-refractivity contribution is 5.47. The van der Waals surface area contributed by atoms with Gasteiger partial charge in [0.2, 0.25) is 0 Å². The molecule has 0 atom stereocenters. The summed E-state index contributed by atoms with van der Waals surface area (Å²) in [5.74, 6) is -0.122. The number of likely N-dealkylation sites (tertiary alicyclic amines) is 1. The monoisotopic (exact) mass is 301 g/mol. The van der Waals surface area contributed by atoms with Crippen LogP contribution in [0.4, 0.5) is 10.1 Å². The van der Waals surface area contributed by atoms with Crippen LogP contribution in [0.25, 0.3) is 0 Å². The number of benzene rings is 1. The van der Waals surface area contributed by atoms with Gasteiger partial charge in [0, 0.05) is 19.1 Å². The number of hydrogen-bond donors (Lipinski definition) is 0. The minimum Gasteiger partial charge on any atom is -0.369 e. The van der Waals surface area contributed by atoms with Gasteiger partial charge in [-0.1, -0.05) is 12.1 Å². The van der Waals surface area contributed by atoms with Gasteiger partial charge in [-0.05, 0) is 57.8 Å². The van der Waals surface area contributed by atoms with Gasteiger partial charge in [0.15, 0.2) is 0 Å². The predicted octanol–water partition coefficient (Wildman–Crippen LogP) is 3.42. The Bertz CT molecular complexity index is 550. The van der Waals surface area contributed by atoms with Crippen LogP contribution in [0.3, 0.4) is 0 Å². The molecule has 0 N–H and O–H groups in total. The molecule has 0 bridgehead atoms. The van der Waals surface area contributed by atoms with Crippen molar-refractivity contribution in [3.05, 3.63) is 30.1 Å². The Morgan fingerprint density at radius 3 is 2.36 bits per heavy atom. The molecule has 2 aliphatic heterocycles. The molecule has 2 fully saturated rings. The lowest BCUT2D eigenvalue weighted by Crippen LogP contribution is -2.49. The van der Waals surface area contributed by atoms with Gasteiger partial charge in [-0.15, -0.1) is 0 Å². The zero-order chi connectivity index (χ0) is 15.6. The second kappa shape index (κ2) is 6.26. The first-order valence-electron chi connectivity index (χ1n) is 8.26. The first-order valence-corrected chi connectivity index (χ1v) is 8.26. The summed E-state index contributed by atoms with van der Waals surface area (Å²) in [6.07, 6.45) is 4.10. The molecular weight excluding hydrogens is 277 g/mol. The van der Waals surface area contributed by atoms with Crippen LogP contribution in [-0.2, 0) is 0 Å². The molecule has 2 heterocycles. The molecule has 0 radical (unpaired) electrons. The first-order chi connectivity index (χ1) is 10.6. The largest absolute Gasteiger partial charge is 0.369 e. The quantitative estimate of drug-likeness (QED) is 0.838. The van der Waals surface area contributed by atoms with E-state index in [1.165, 1.54) is 6.07 Å². The van der Waals surface area contributed by atoms with Crippen LogP contribution in [0.1, 0.15) is 32.6 Å². The lowest BCUT2D eigenvalue weighted by Gasteiger charge is -2.43. The van der Waals surface area contributed by atoms with E-state index in [1.54, 1.807) is 6.07 Å². The van der Waals surface area contributed by atoms with Crippen molar-refractivity contribution < 1.29 is 4.39 Å².